The molecule has 2 rings (SSSR count). The number of hydrogen-bond donors (Lipinski definition) is 3. The number of aryl methyl sites for hydroxylation is 1. The normalized spacial score (nSPS) is 10.5. The lowest BCUT2D eigenvalue weighted by Gasteiger charge is -2.25. The maximum Gasteiger partial charge on any atom is 0.303 e. The van der Waals surface area contributed by atoms with Crippen LogP contribution in [0.1, 0.15) is 31.4 Å². The van der Waals surface area contributed by atoms with Crippen LogP contribution in [0.3, 0.4) is 0 Å². The molecule has 3 N–H and O–H groups in total. The molecule has 29 heavy (non-hydrogen) atoms. The van der Waals surface area contributed by atoms with E-state index in [2.05, 4.69) is 5.32 Å². The standard InChI is InChI=1S/C21H24ClNO4.CH4O/c1-21(2,20(26)23-12-11-16-5-3-7-17(22)13-16)27-18-8-4-6-15(14-18)9-10-19(24)25;1-2/h3-8,13-14H,9-12H2,1-2H3,(H,23,26)(H,24,25);2H,1H3. The molecule has 0 spiro atoms. The van der Waals surface area contributed by atoms with Crippen LogP contribution in [0, 0.1) is 0 Å². The summed E-state index contributed by atoms with van der Waals surface area (Å²) in [5.74, 6) is -0.533. The van der Waals surface area contributed by atoms with Crippen molar-refractivity contribution in [2.75, 3.05) is 13.7 Å². The SMILES string of the molecule is CC(C)(Oc1cccc(CCC(=O)O)c1)C(=O)NCCc1cccc(Cl)c1.CO. The van der Waals surface area contributed by atoms with E-state index in [1.165, 1.54) is 0 Å². The second-order valence-electron chi connectivity index (χ2n) is 6.79. The van der Waals surface area contributed by atoms with E-state index in [4.69, 9.17) is 26.6 Å². The average molecular weight is 422 g/mol. The van der Waals surface area contributed by atoms with Gasteiger partial charge in [0.15, 0.2) is 5.60 Å². The number of carboxylic acid groups (broad SMARTS) is 1. The van der Waals surface area contributed by atoms with Gasteiger partial charge in [0.25, 0.3) is 5.91 Å². The number of rotatable bonds is 9. The number of carboxylic acids is 1. The van der Waals surface area contributed by atoms with Gasteiger partial charge in [-0.25, -0.2) is 0 Å². The lowest BCUT2D eigenvalue weighted by Crippen LogP contribution is -2.47. The van der Waals surface area contributed by atoms with Crippen LogP contribution in [0.2, 0.25) is 5.02 Å². The highest BCUT2D eigenvalue weighted by atomic mass is 35.5. The second kappa shape index (κ2) is 12.1. The van der Waals surface area contributed by atoms with E-state index < -0.39 is 11.6 Å². The van der Waals surface area contributed by atoms with E-state index in [0.717, 1.165) is 18.2 Å². The molecule has 0 saturated heterocycles. The molecule has 0 heterocycles. The second-order valence-corrected chi connectivity index (χ2v) is 7.23. The Kier molecular flexibility index (Phi) is 10.2. The molecule has 0 atom stereocenters. The zero-order valence-corrected chi connectivity index (χ0v) is 17.7. The van der Waals surface area contributed by atoms with Crippen LogP contribution in [0.4, 0.5) is 0 Å². The number of benzene rings is 2. The number of aliphatic hydroxyl groups excluding tert-OH is 1. The monoisotopic (exact) mass is 421 g/mol. The molecule has 0 aliphatic carbocycles. The van der Waals surface area contributed by atoms with Crippen molar-refractivity contribution in [3.8, 4) is 5.75 Å². The Morgan fingerprint density at radius 2 is 1.66 bits per heavy atom. The van der Waals surface area contributed by atoms with E-state index in [-0.39, 0.29) is 12.3 Å². The van der Waals surface area contributed by atoms with E-state index >= 15 is 0 Å². The van der Waals surface area contributed by atoms with Gasteiger partial charge in [-0.3, -0.25) is 9.59 Å². The number of hydrogen-bond acceptors (Lipinski definition) is 4. The maximum absolute atomic E-state index is 12.5. The summed E-state index contributed by atoms with van der Waals surface area (Å²) in [5.41, 5.74) is 0.847. The third kappa shape index (κ3) is 8.98. The molecular formula is C22H28ClNO5. The van der Waals surface area contributed by atoms with Gasteiger partial charge in [-0.15, -0.1) is 0 Å². The third-order valence-corrected chi connectivity index (χ3v) is 4.27. The van der Waals surface area contributed by atoms with Gasteiger partial charge in [0.1, 0.15) is 5.75 Å². The van der Waals surface area contributed by atoms with Gasteiger partial charge in [0.05, 0.1) is 0 Å². The van der Waals surface area contributed by atoms with Gasteiger partial charge in [-0.1, -0.05) is 35.9 Å². The van der Waals surface area contributed by atoms with Crippen molar-refractivity contribution in [2.24, 2.45) is 0 Å². The van der Waals surface area contributed by atoms with Gasteiger partial charge < -0.3 is 20.3 Å². The first-order chi connectivity index (χ1) is 13.8. The Bertz CT molecular complexity index is 807. The Hall–Kier alpha value is -2.57. The Balaban J connectivity index is 0.00000204. The molecule has 0 bridgehead atoms. The fourth-order valence-corrected chi connectivity index (χ4v) is 2.80. The fraction of sp³-hybridized carbons (Fsp3) is 0.364. The fourth-order valence-electron chi connectivity index (χ4n) is 2.58. The van der Waals surface area contributed by atoms with Crippen molar-refractivity contribution in [3.63, 3.8) is 0 Å². The van der Waals surface area contributed by atoms with Gasteiger partial charge in [-0.05, 0) is 62.1 Å². The number of ether oxygens (including phenoxy) is 1. The summed E-state index contributed by atoms with van der Waals surface area (Å²) in [4.78, 5) is 23.2. The quantitative estimate of drug-likeness (QED) is 0.576. The Labute approximate surface area is 176 Å². The number of aliphatic hydroxyl groups is 1. The molecule has 6 nitrogen and oxygen atoms in total. The first-order valence-corrected chi connectivity index (χ1v) is 9.61. The minimum atomic E-state index is -1.06. The van der Waals surface area contributed by atoms with Crippen LogP contribution in [0.25, 0.3) is 0 Å². The predicted molar refractivity (Wildman–Crippen MR) is 113 cm³/mol. The number of amides is 1. The molecule has 0 saturated carbocycles. The molecule has 158 valence electrons. The number of carbonyl (C=O) groups is 2. The van der Waals surface area contributed by atoms with Crippen molar-refractivity contribution in [1.82, 2.24) is 5.32 Å². The van der Waals surface area contributed by atoms with Crippen LogP contribution >= 0.6 is 11.6 Å². The summed E-state index contributed by atoms with van der Waals surface area (Å²) in [5, 5.41) is 19.3. The molecule has 2 aromatic carbocycles. The summed E-state index contributed by atoms with van der Waals surface area (Å²) < 4.78 is 5.85. The van der Waals surface area contributed by atoms with E-state index in [1.807, 2.05) is 30.3 Å². The van der Waals surface area contributed by atoms with Crippen molar-refractivity contribution < 1.29 is 24.5 Å². The molecule has 0 aliphatic rings. The van der Waals surface area contributed by atoms with Gasteiger partial charge in [0.2, 0.25) is 0 Å². The van der Waals surface area contributed by atoms with Crippen molar-refractivity contribution in [1.29, 1.82) is 0 Å². The maximum atomic E-state index is 12.5. The van der Waals surface area contributed by atoms with Gasteiger partial charge >= 0.3 is 5.97 Å². The predicted octanol–water partition coefficient (Wildman–Crippen LogP) is 3.48. The molecule has 0 fully saturated rings. The molecule has 1 amide bonds. The van der Waals surface area contributed by atoms with Crippen molar-refractivity contribution in [2.45, 2.75) is 38.7 Å². The number of nitrogens with one attached hydrogen (secondary N) is 1. The summed E-state index contributed by atoms with van der Waals surface area (Å²) >= 11 is 5.96. The van der Waals surface area contributed by atoms with Gasteiger partial charge in [0, 0.05) is 25.1 Å². The molecule has 0 unspecified atom stereocenters. The largest absolute Gasteiger partial charge is 0.481 e. The number of carbonyl (C=O) groups excluding carboxylic acids is 1. The van der Waals surface area contributed by atoms with Crippen LogP contribution in [-0.2, 0) is 22.4 Å². The first-order valence-electron chi connectivity index (χ1n) is 9.23. The molecular weight excluding hydrogens is 394 g/mol. The van der Waals surface area contributed by atoms with Crippen LogP contribution in [0.15, 0.2) is 48.5 Å². The number of aliphatic carboxylic acids is 1. The Morgan fingerprint density at radius 1 is 1.03 bits per heavy atom. The zero-order chi connectivity index (χ0) is 21.9. The summed E-state index contributed by atoms with van der Waals surface area (Å²) in [6, 6.07) is 14.7. The molecule has 7 heteroatoms. The van der Waals surface area contributed by atoms with E-state index in [9.17, 15) is 9.59 Å². The van der Waals surface area contributed by atoms with Crippen LogP contribution < -0.4 is 10.1 Å². The average Bonchev–Trinajstić information content (AvgIpc) is 2.68. The summed E-state index contributed by atoms with van der Waals surface area (Å²) in [7, 11) is 1.00. The highest BCUT2D eigenvalue weighted by Gasteiger charge is 2.29. The minimum Gasteiger partial charge on any atom is -0.481 e. The summed E-state index contributed by atoms with van der Waals surface area (Å²) in [6.07, 6.45) is 1.14. The third-order valence-electron chi connectivity index (χ3n) is 4.03. The number of halogens is 1. The lowest BCUT2D eigenvalue weighted by molar-refractivity contribution is -0.137. The highest BCUT2D eigenvalue weighted by Crippen LogP contribution is 2.21. The van der Waals surface area contributed by atoms with E-state index in [0.29, 0.717) is 30.2 Å². The van der Waals surface area contributed by atoms with Crippen LogP contribution in [-0.4, -0.2) is 41.3 Å². The lowest BCUT2D eigenvalue weighted by atomic mass is 10.1. The highest BCUT2D eigenvalue weighted by molar-refractivity contribution is 6.30. The van der Waals surface area contributed by atoms with Crippen molar-refractivity contribution >= 4 is 23.5 Å². The smallest absolute Gasteiger partial charge is 0.303 e. The summed E-state index contributed by atoms with van der Waals surface area (Å²) in [6.45, 7) is 3.88. The first kappa shape index (κ1) is 24.5. The Morgan fingerprint density at radius 3 is 2.28 bits per heavy atom. The molecule has 2 aromatic rings. The topological polar surface area (TPSA) is 95.9 Å². The van der Waals surface area contributed by atoms with Crippen LogP contribution in [0.5, 0.6) is 5.75 Å². The zero-order valence-electron chi connectivity index (χ0n) is 16.9. The van der Waals surface area contributed by atoms with Gasteiger partial charge in [-0.2, -0.15) is 0 Å². The molecule has 0 aliphatic heterocycles. The minimum absolute atomic E-state index is 0.0524. The van der Waals surface area contributed by atoms with Crippen molar-refractivity contribution in [3.05, 3.63) is 64.7 Å². The van der Waals surface area contributed by atoms with E-state index in [1.54, 1.807) is 32.0 Å². The molecule has 0 aromatic heterocycles. The molecule has 0 radical (unpaired) electrons.